The van der Waals surface area contributed by atoms with E-state index in [1.165, 1.54) is 5.56 Å². The van der Waals surface area contributed by atoms with Crippen LogP contribution in [0.1, 0.15) is 18.4 Å². The van der Waals surface area contributed by atoms with Crippen molar-refractivity contribution >= 4 is 5.91 Å². The van der Waals surface area contributed by atoms with E-state index in [0.29, 0.717) is 13.2 Å². The molecule has 0 radical (unpaired) electrons. The van der Waals surface area contributed by atoms with Crippen molar-refractivity contribution < 1.29 is 9.53 Å². The normalized spacial score (nSPS) is 18.3. The molecule has 1 N–H and O–H groups in total. The van der Waals surface area contributed by atoms with Crippen LogP contribution >= 0.6 is 0 Å². The molecule has 1 aromatic rings. The minimum atomic E-state index is 0.00368. The maximum Gasteiger partial charge on any atom is 0.239 e. The summed E-state index contributed by atoms with van der Waals surface area (Å²) in [5.41, 5.74) is 1.18. The molecule has 1 aliphatic rings. The van der Waals surface area contributed by atoms with Crippen molar-refractivity contribution in [2.24, 2.45) is 0 Å². The van der Waals surface area contributed by atoms with Crippen LogP contribution in [0.3, 0.4) is 0 Å². The van der Waals surface area contributed by atoms with Crippen LogP contribution < -0.4 is 10.1 Å². The Bertz CT molecular complexity index is 428. The summed E-state index contributed by atoms with van der Waals surface area (Å²) in [7, 11) is 1.84. The molecule has 104 valence electrons. The SMILES string of the molecule is Cc1cccc(OCCN(C)C(=O)C2CCCN2)c1. The number of ether oxygens (including phenoxy) is 1. The minimum absolute atomic E-state index is 0.00368. The summed E-state index contributed by atoms with van der Waals surface area (Å²) in [5.74, 6) is 1.03. The molecule has 1 aromatic carbocycles. The number of rotatable bonds is 5. The Morgan fingerprint density at radius 1 is 1.53 bits per heavy atom. The molecule has 0 aromatic heterocycles. The van der Waals surface area contributed by atoms with Gasteiger partial charge in [0.2, 0.25) is 5.91 Å². The average Bonchev–Trinajstić information content (AvgIpc) is 2.91. The molecule has 1 amide bonds. The second-order valence-electron chi connectivity index (χ2n) is 5.07. The Balaban J connectivity index is 1.74. The molecule has 0 aliphatic carbocycles. The molecule has 1 heterocycles. The summed E-state index contributed by atoms with van der Waals surface area (Å²) in [5, 5.41) is 3.22. The summed E-state index contributed by atoms with van der Waals surface area (Å²) in [4.78, 5) is 13.8. The van der Waals surface area contributed by atoms with Crippen LogP contribution in [0.4, 0.5) is 0 Å². The van der Waals surface area contributed by atoms with Gasteiger partial charge in [-0.15, -0.1) is 0 Å². The molecule has 1 unspecified atom stereocenters. The molecule has 2 rings (SSSR count). The molecular weight excluding hydrogens is 240 g/mol. The van der Waals surface area contributed by atoms with Crippen LogP contribution in [0, 0.1) is 6.92 Å². The average molecular weight is 262 g/mol. The van der Waals surface area contributed by atoms with Crippen molar-refractivity contribution in [2.75, 3.05) is 26.7 Å². The molecule has 19 heavy (non-hydrogen) atoms. The van der Waals surface area contributed by atoms with E-state index in [9.17, 15) is 4.79 Å². The first-order chi connectivity index (χ1) is 9.16. The molecule has 0 bridgehead atoms. The van der Waals surface area contributed by atoms with Crippen molar-refractivity contribution in [1.29, 1.82) is 0 Å². The number of benzene rings is 1. The first kappa shape index (κ1) is 13.9. The van der Waals surface area contributed by atoms with Crippen molar-refractivity contribution in [3.05, 3.63) is 29.8 Å². The largest absolute Gasteiger partial charge is 0.492 e. The van der Waals surface area contributed by atoms with Crippen molar-refractivity contribution in [2.45, 2.75) is 25.8 Å². The monoisotopic (exact) mass is 262 g/mol. The van der Waals surface area contributed by atoms with Gasteiger partial charge in [-0.3, -0.25) is 4.79 Å². The van der Waals surface area contributed by atoms with E-state index in [-0.39, 0.29) is 11.9 Å². The smallest absolute Gasteiger partial charge is 0.239 e. The molecule has 4 heteroatoms. The molecule has 1 saturated heterocycles. The zero-order chi connectivity index (χ0) is 13.7. The lowest BCUT2D eigenvalue weighted by Gasteiger charge is -2.21. The molecule has 1 fully saturated rings. The standard InChI is InChI=1S/C15H22N2O2/c1-12-5-3-6-13(11-12)19-10-9-17(2)15(18)14-7-4-8-16-14/h3,5-6,11,14,16H,4,7-10H2,1-2H3. The first-order valence-corrected chi connectivity index (χ1v) is 6.84. The van der Waals surface area contributed by atoms with E-state index in [1.807, 2.05) is 38.2 Å². The minimum Gasteiger partial charge on any atom is -0.492 e. The van der Waals surface area contributed by atoms with Crippen LogP contribution in [0.2, 0.25) is 0 Å². The van der Waals surface area contributed by atoms with E-state index < -0.39 is 0 Å². The highest BCUT2D eigenvalue weighted by molar-refractivity contribution is 5.81. The number of amides is 1. The number of carbonyl (C=O) groups excluding carboxylic acids is 1. The quantitative estimate of drug-likeness (QED) is 0.876. The van der Waals surface area contributed by atoms with E-state index >= 15 is 0 Å². The van der Waals surface area contributed by atoms with Crippen molar-refractivity contribution in [1.82, 2.24) is 10.2 Å². The lowest BCUT2D eigenvalue weighted by molar-refractivity contribution is -0.132. The van der Waals surface area contributed by atoms with E-state index in [4.69, 9.17) is 4.74 Å². The Labute approximate surface area is 114 Å². The predicted octanol–water partition coefficient (Wildman–Crippen LogP) is 1.58. The van der Waals surface area contributed by atoms with Crippen LogP contribution in [0.5, 0.6) is 5.75 Å². The van der Waals surface area contributed by atoms with Crippen LogP contribution in [-0.4, -0.2) is 43.6 Å². The summed E-state index contributed by atoms with van der Waals surface area (Å²) < 4.78 is 5.66. The Kier molecular flexibility index (Phi) is 4.80. The van der Waals surface area contributed by atoms with Gasteiger partial charge in [0.1, 0.15) is 12.4 Å². The Hall–Kier alpha value is -1.55. The molecule has 0 spiro atoms. The van der Waals surface area contributed by atoms with Gasteiger partial charge in [-0.05, 0) is 44.0 Å². The Morgan fingerprint density at radius 3 is 3.05 bits per heavy atom. The van der Waals surface area contributed by atoms with Gasteiger partial charge in [0.15, 0.2) is 0 Å². The molecule has 1 aliphatic heterocycles. The second-order valence-corrected chi connectivity index (χ2v) is 5.07. The second kappa shape index (κ2) is 6.57. The van der Waals surface area contributed by atoms with Gasteiger partial charge < -0.3 is 15.0 Å². The van der Waals surface area contributed by atoms with Gasteiger partial charge in [-0.1, -0.05) is 12.1 Å². The van der Waals surface area contributed by atoms with Gasteiger partial charge >= 0.3 is 0 Å². The number of nitrogens with zero attached hydrogens (tertiary/aromatic N) is 1. The zero-order valence-electron chi connectivity index (χ0n) is 11.7. The van der Waals surface area contributed by atoms with Crippen molar-refractivity contribution in [3.63, 3.8) is 0 Å². The fourth-order valence-electron chi connectivity index (χ4n) is 2.28. The Morgan fingerprint density at radius 2 is 2.37 bits per heavy atom. The molecule has 4 nitrogen and oxygen atoms in total. The highest BCUT2D eigenvalue weighted by atomic mass is 16.5. The molecule has 1 atom stereocenters. The molecular formula is C15H22N2O2. The lowest BCUT2D eigenvalue weighted by Crippen LogP contribution is -2.43. The predicted molar refractivity (Wildman–Crippen MR) is 75.3 cm³/mol. The molecule has 0 saturated carbocycles. The number of likely N-dealkylation sites (N-methyl/N-ethyl adjacent to an activating group) is 1. The third kappa shape index (κ3) is 3.96. The number of carbonyl (C=O) groups is 1. The first-order valence-electron chi connectivity index (χ1n) is 6.84. The van der Waals surface area contributed by atoms with Crippen molar-refractivity contribution in [3.8, 4) is 5.75 Å². The number of aryl methyl sites for hydroxylation is 1. The maximum absolute atomic E-state index is 12.0. The highest BCUT2D eigenvalue weighted by Gasteiger charge is 2.24. The summed E-state index contributed by atoms with van der Waals surface area (Å²) in [6.07, 6.45) is 2.03. The van der Waals surface area contributed by atoms with Gasteiger partial charge in [-0.25, -0.2) is 0 Å². The van der Waals surface area contributed by atoms with E-state index in [0.717, 1.165) is 25.1 Å². The zero-order valence-corrected chi connectivity index (χ0v) is 11.7. The summed E-state index contributed by atoms with van der Waals surface area (Å²) >= 11 is 0. The number of hydrogen-bond donors (Lipinski definition) is 1. The summed E-state index contributed by atoms with van der Waals surface area (Å²) in [6, 6.07) is 7.95. The van der Waals surface area contributed by atoms with E-state index in [1.54, 1.807) is 4.90 Å². The number of nitrogens with one attached hydrogen (secondary N) is 1. The third-order valence-electron chi connectivity index (χ3n) is 3.42. The fourth-order valence-corrected chi connectivity index (χ4v) is 2.28. The van der Waals surface area contributed by atoms with Gasteiger partial charge in [-0.2, -0.15) is 0 Å². The number of hydrogen-bond acceptors (Lipinski definition) is 3. The maximum atomic E-state index is 12.0. The third-order valence-corrected chi connectivity index (χ3v) is 3.42. The van der Waals surface area contributed by atoms with Gasteiger partial charge in [0.05, 0.1) is 12.6 Å². The van der Waals surface area contributed by atoms with Gasteiger partial charge in [0.25, 0.3) is 0 Å². The highest BCUT2D eigenvalue weighted by Crippen LogP contribution is 2.12. The van der Waals surface area contributed by atoms with Gasteiger partial charge in [0, 0.05) is 7.05 Å². The van der Waals surface area contributed by atoms with Crippen LogP contribution in [0.25, 0.3) is 0 Å². The van der Waals surface area contributed by atoms with E-state index in [2.05, 4.69) is 5.32 Å². The lowest BCUT2D eigenvalue weighted by atomic mass is 10.2. The fraction of sp³-hybridized carbons (Fsp3) is 0.533. The van der Waals surface area contributed by atoms with Crippen LogP contribution in [0.15, 0.2) is 24.3 Å². The topological polar surface area (TPSA) is 41.6 Å². The van der Waals surface area contributed by atoms with Crippen LogP contribution in [-0.2, 0) is 4.79 Å². The summed E-state index contributed by atoms with van der Waals surface area (Å²) in [6.45, 7) is 4.13.